The first-order valence-electron chi connectivity index (χ1n) is 8.60. The standard InChI is InChI=1S/C16H28N2O9/c19-13(20)9-17(10-14(21)22)5-1-3-7-27-8-4-2-6-18(11-15(23)24)12-16(25)26/h1-12H2,(H,19,20)(H,21,22)(H,23,24)(H,25,26). The average Bonchev–Trinajstić information content (AvgIpc) is 2.50. The van der Waals surface area contributed by atoms with Crippen molar-refractivity contribution in [3.8, 4) is 0 Å². The third kappa shape index (κ3) is 17.0. The molecule has 0 rings (SSSR count). The van der Waals surface area contributed by atoms with Gasteiger partial charge in [0.2, 0.25) is 0 Å². The summed E-state index contributed by atoms with van der Waals surface area (Å²) in [6.07, 6.45) is 2.51. The van der Waals surface area contributed by atoms with E-state index in [1.807, 2.05) is 0 Å². The zero-order valence-electron chi connectivity index (χ0n) is 15.2. The van der Waals surface area contributed by atoms with Crippen LogP contribution in [0, 0.1) is 0 Å². The molecule has 27 heavy (non-hydrogen) atoms. The SMILES string of the molecule is O=C(O)CN(CCCCOCCCCN(CC(=O)O)CC(=O)O)CC(=O)O. The summed E-state index contributed by atoms with van der Waals surface area (Å²) in [5.41, 5.74) is 0. The van der Waals surface area contributed by atoms with Crippen LogP contribution < -0.4 is 0 Å². The Kier molecular flexibility index (Phi) is 13.6. The van der Waals surface area contributed by atoms with Crippen LogP contribution in [0.4, 0.5) is 0 Å². The van der Waals surface area contributed by atoms with Crippen LogP contribution >= 0.6 is 0 Å². The molecule has 0 saturated heterocycles. The van der Waals surface area contributed by atoms with Crippen molar-refractivity contribution in [3.63, 3.8) is 0 Å². The van der Waals surface area contributed by atoms with Crippen molar-refractivity contribution in [1.82, 2.24) is 9.80 Å². The lowest BCUT2D eigenvalue weighted by molar-refractivity contribution is -0.143. The lowest BCUT2D eigenvalue weighted by Crippen LogP contribution is -2.35. The Morgan fingerprint density at radius 3 is 1.11 bits per heavy atom. The van der Waals surface area contributed by atoms with Gasteiger partial charge in [-0.15, -0.1) is 0 Å². The van der Waals surface area contributed by atoms with Crippen LogP contribution in [0.2, 0.25) is 0 Å². The Balaban J connectivity index is 3.77. The van der Waals surface area contributed by atoms with Gasteiger partial charge in [-0.1, -0.05) is 0 Å². The van der Waals surface area contributed by atoms with Crippen LogP contribution in [0.15, 0.2) is 0 Å². The van der Waals surface area contributed by atoms with E-state index < -0.39 is 23.9 Å². The fourth-order valence-corrected chi connectivity index (χ4v) is 2.37. The van der Waals surface area contributed by atoms with Gasteiger partial charge < -0.3 is 25.2 Å². The summed E-state index contributed by atoms with van der Waals surface area (Å²) in [6.45, 7) is 0.297. The highest BCUT2D eigenvalue weighted by atomic mass is 16.5. The zero-order chi connectivity index (χ0) is 20.7. The van der Waals surface area contributed by atoms with Gasteiger partial charge in [0, 0.05) is 13.2 Å². The lowest BCUT2D eigenvalue weighted by atomic mass is 10.3. The van der Waals surface area contributed by atoms with Crippen LogP contribution in [0.3, 0.4) is 0 Å². The predicted octanol–water partition coefficient (Wildman–Crippen LogP) is -0.494. The molecule has 0 aromatic rings. The fraction of sp³-hybridized carbons (Fsp3) is 0.750. The molecule has 0 aliphatic heterocycles. The van der Waals surface area contributed by atoms with Crippen molar-refractivity contribution in [3.05, 3.63) is 0 Å². The highest BCUT2D eigenvalue weighted by Gasteiger charge is 2.13. The predicted molar refractivity (Wildman–Crippen MR) is 92.7 cm³/mol. The Labute approximate surface area is 157 Å². The molecule has 11 nitrogen and oxygen atoms in total. The van der Waals surface area contributed by atoms with Gasteiger partial charge in [-0.05, 0) is 38.8 Å². The number of carbonyl (C=O) groups is 4. The molecule has 0 amide bonds. The molecule has 0 atom stereocenters. The molecule has 4 N–H and O–H groups in total. The number of hydrogen-bond donors (Lipinski definition) is 4. The van der Waals surface area contributed by atoms with Crippen LogP contribution in [-0.2, 0) is 23.9 Å². The molecular formula is C16H28N2O9. The molecular weight excluding hydrogens is 364 g/mol. The summed E-state index contributed by atoms with van der Waals surface area (Å²) in [6, 6.07) is 0. The number of carboxylic acid groups (broad SMARTS) is 4. The van der Waals surface area contributed by atoms with Gasteiger partial charge in [0.1, 0.15) is 0 Å². The monoisotopic (exact) mass is 392 g/mol. The van der Waals surface area contributed by atoms with E-state index in [-0.39, 0.29) is 26.2 Å². The number of nitrogens with zero attached hydrogens (tertiary/aromatic N) is 2. The third-order valence-electron chi connectivity index (χ3n) is 3.46. The largest absolute Gasteiger partial charge is 0.480 e. The smallest absolute Gasteiger partial charge is 0.317 e. The van der Waals surface area contributed by atoms with E-state index in [2.05, 4.69) is 0 Å². The van der Waals surface area contributed by atoms with Gasteiger partial charge in [0.05, 0.1) is 26.2 Å². The molecule has 11 heteroatoms. The van der Waals surface area contributed by atoms with Crippen molar-refractivity contribution in [2.24, 2.45) is 0 Å². The second-order valence-electron chi connectivity index (χ2n) is 6.02. The second kappa shape index (κ2) is 14.9. The Hall–Kier alpha value is -2.24. The molecule has 156 valence electrons. The average molecular weight is 392 g/mol. The molecule has 0 bridgehead atoms. The summed E-state index contributed by atoms with van der Waals surface area (Å²) in [5.74, 6) is -4.31. The van der Waals surface area contributed by atoms with Crippen molar-refractivity contribution in [1.29, 1.82) is 0 Å². The molecule has 0 fully saturated rings. The van der Waals surface area contributed by atoms with Crippen LogP contribution in [0.25, 0.3) is 0 Å². The first-order valence-corrected chi connectivity index (χ1v) is 8.60. The van der Waals surface area contributed by atoms with Crippen molar-refractivity contribution in [2.45, 2.75) is 25.7 Å². The number of hydrogen-bond acceptors (Lipinski definition) is 7. The van der Waals surface area contributed by atoms with E-state index in [1.54, 1.807) is 0 Å². The zero-order valence-corrected chi connectivity index (χ0v) is 15.2. The summed E-state index contributed by atoms with van der Waals surface area (Å²) < 4.78 is 5.42. The summed E-state index contributed by atoms with van der Waals surface area (Å²) in [4.78, 5) is 45.3. The first-order chi connectivity index (χ1) is 12.7. The van der Waals surface area contributed by atoms with E-state index in [0.717, 1.165) is 0 Å². The van der Waals surface area contributed by atoms with E-state index in [1.165, 1.54) is 9.80 Å². The second-order valence-corrected chi connectivity index (χ2v) is 6.02. The number of unbranched alkanes of at least 4 members (excludes halogenated alkanes) is 2. The maximum Gasteiger partial charge on any atom is 0.317 e. The van der Waals surface area contributed by atoms with E-state index in [4.69, 9.17) is 25.2 Å². The van der Waals surface area contributed by atoms with Gasteiger partial charge in [-0.3, -0.25) is 29.0 Å². The van der Waals surface area contributed by atoms with E-state index in [9.17, 15) is 19.2 Å². The van der Waals surface area contributed by atoms with Crippen LogP contribution in [0.5, 0.6) is 0 Å². The van der Waals surface area contributed by atoms with Crippen molar-refractivity contribution in [2.75, 3.05) is 52.5 Å². The van der Waals surface area contributed by atoms with Crippen molar-refractivity contribution < 1.29 is 44.3 Å². The fourth-order valence-electron chi connectivity index (χ4n) is 2.37. The first kappa shape index (κ1) is 24.8. The highest BCUT2D eigenvalue weighted by Crippen LogP contribution is 2.00. The quantitative estimate of drug-likeness (QED) is 0.222. The van der Waals surface area contributed by atoms with Gasteiger partial charge in [-0.2, -0.15) is 0 Å². The molecule has 0 aromatic heterocycles. The lowest BCUT2D eigenvalue weighted by Gasteiger charge is -2.18. The van der Waals surface area contributed by atoms with Crippen LogP contribution in [-0.4, -0.2) is 107 Å². The van der Waals surface area contributed by atoms with Gasteiger partial charge >= 0.3 is 23.9 Å². The summed E-state index contributed by atoms with van der Waals surface area (Å²) in [7, 11) is 0. The Morgan fingerprint density at radius 1 is 0.556 bits per heavy atom. The Morgan fingerprint density at radius 2 is 0.852 bits per heavy atom. The minimum Gasteiger partial charge on any atom is -0.480 e. The molecule has 0 heterocycles. The van der Waals surface area contributed by atoms with E-state index >= 15 is 0 Å². The molecule has 0 aliphatic rings. The number of ether oxygens (including phenoxy) is 1. The summed E-state index contributed by atoms with van der Waals surface area (Å²) in [5, 5.41) is 34.9. The minimum absolute atomic E-state index is 0.323. The number of carboxylic acids is 4. The molecule has 0 radical (unpaired) electrons. The molecule has 0 aliphatic carbocycles. The Bertz CT molecular complexity index is 411. The van der Waals surface area contributed by atoms with Crippen LogP contribution in [0.1, 0.15) is 25.7 Å². The maximum atomic E-state index is 10.7. The third-order valence-corrected chi connectivity index (χ3v) is 3.46. The van der Waals surface area contributed by atoms with Crippen molar-refractivity contribution >= 4 is 23.9 Å². The van der Waals surface area contributed by atoms with Gasteiger partial charge in [0.15, 0.2) is 0 Å². The topological polar surface area (TPSA) is 165 Å². The number of rotatable bonds is 18. The number of aliphatic carboxylic acids is 4. The molecule has 0 aromatic carbocycles. The maximum absolute atomic E-state index is 10.7. The van der Waals surface area contributed by atoms with E-state index in [0.29, 0.717) is 52.0 Å². The van der Waals surface area contributed by atoms with Gasteiger partial charge in [-0.25, -0.2) is 0 Å². The molecule has 0 spiro atoms. The highest BCUT2D eigenvalue weighted by molar-refractivity contribution is 5.73. The summed E-state index contributed by atoms with van der Waals surface area (Å²) >= 11 is 0. The van der Waals surface area contributed by atoms with Gasteiger partial charge in [0.25, 0.3) is 0 Å². The molecule has 0 saturated carbocycles. The normalized spacial score (nSPS) is 11.0. The molecule has 0 unspecified atom stereocenters. The minimum atomic E-state index is -1.08.